The van der Waals surface area contributed by atoms with Crippen LogP contribution in [0.25, 0.3) is 0 Å². The van der Waals surface area contributed by atoms with Crippen LogP contribution >= 0.6 is 11.6 Å². The Morgan fingerprint density at radius 2 is 2.00 bits per heavy atom. The van der Waals surface area contributed by atoms with Crippen molar-refractivity contribution in [2.45, 2.75) is 12.6 Å². The summed E-state index contributed by atoms with van der Waals surface area (Å²) < 4.78 is 0. The first-order chi connectivity index (χ1) is 10.5. The van der Waals surface area contributed by atoms with Gasteiger partial charge in [0.05, 0.1) is 0 Å². The lowest BCUT2D eigenvalue weighted by molar-refractivity contribution is -0.129. The number of aromatic nitrogens is 1. The molecule has 0 spiro atoms. The molecule has 2 aromatic rings. The minimum absolute atomic E-state index is 0.296. The van der Waals surface area contributed by atoms with Crippen molar-refractivity contribution in [1.82, 2.24) is 10.3 Å². The minimum atomic E-state index is -1.23. The van der Waals surface area contributed by atoms with Crippen LogP contribution in [0.2, 0.25) is 5.02 Å². The number of hydrogen-bond donors (Lipinski definition) is 2. The van der Waals surface area contributed by atoms with Crippen molar-refractivity contribution in [2.24, 2.45) is 0 Å². The zero-order chi connectivity index (χ0) is 16.1. The van der Waals surface area contributed by atoms with Gasteiger partial charge in [-0.05, 0) is 23.8 Å². The SMILES string of the molecule is CN(C)c1ncccc1CNC(=O)[C@@H](O)c1ccc(Cl)cc1. The van der Waals surface area contributed by atoms with E-state index in [1.54, 1.807) is 30.5 Å². The zero-order valence-electron chi connectivity index (χ0n) is 12.5. The molecule has 0 aliphatic rings. The summed E-state index contributed by atoms with van der Waals surface area (Å²) in [5, 5.41) is 13.3. The molecule has 6 heteroatoms. The predicted molar refractivity (Wildman–Crippen MR) is 86.8 cm³/mol. The van der Waals surface area contributed by atoms with Crippen molar-refractivity contribution >= 4 is 23.3 Å². The molecule has 1 atom stereocenters. The van der Waals surface area contributed by atoms with Crippen LogP contribution in [0.5, 0.6) is 0 Å². The first kappa shape index (κ1) is 16.3. The summed E-state index contributed by atoms with van der Waals surface area (Å²) in [6.45, 7) is 0.296. The number of carbonyl (C=O) groups is 1. The first-order valence-corrected chi connectivity index (χ1v) is 7.19. The number of halogens is 1. The maximum absolute atomic E-state index is 12.1. The fourth-order valence-corrected chi connectivity index (χ4v) is 2.17. The van der Waals surface area contributed by atoms with Crippen LogP contribution in [0.4, 0.5) is 5.82 Å². The molecule has 1 aromatic heterocycles. The second-order valence-corrected chi connectivity index (χ2v) is 5.49. The highest BCUT2D eigenvalue weighted by atomic mass is 35.5. The van der Waals surface area contributed by atoms with E-state index in [1.165, 1.54) is 0 Å². The predicted octanol–water partition coefficient (Wildman–Crippen LogP) is 2.15. The molecule has 0 saturated carbocycles. The maximum Gasteiger partial charge on any atom is 0.253 e. The quantitative estimate of drug-likeness (QED) is 0.886. The van der Waals surface area contributed by atoms with Gasteiger partial charge in [-0.2, -0.15) is 0 Å². The highest BCUT2D eigenvalue weighted by molar-refractivity contribution is 6.30. The van der Waals surface area contributed by atoms with Crippen molar-refractivity contribution in [3.8, 4) is 0 Å². The van der Waals surface area contributed by atoms with E-state index in [0.29, 0.717) is 17.1 Å². The number of carbonyl (C=O) groups excluding carboxylic acids is 1. The van der Waals surface area contributed by atoms with Gasteiger partial charge in [-0.15, -0.1) is 0 Å². The molecule has 0 fully saturated rings. The van der Waals surface area contributed by atoms with Crippen LogP contribution < -0.4 is 10.2 Å². The fraction of sp³-hybridized carbons (Fsp3) is 0.250. The molecule has 0 saturated heterocycles. The third-order valence-electron chi connectivity index (χ3n) is 3.18. The number of aliphatic hydroxyl groups excluding tert-OH is 1. The second kappa shape index (κ2) is 7.24. The van der Waals surface area contributed by atoms with Crippen LogP contribution in [-0.4, -0.2) is 30.1 Å². The molecule has 1 heterocycles. The molecule has 22 heavy (non-hydrogen) atoms. The van der Waals surface area contributed by atoms with E-state index in [9.17, 15) is 9.90 Å². The Morgan fingerprint density at radius 3 is 2.64 bits per heavy atom. The molecular formula is C16H18ClN3O2. The average molecular weight is 320 g/mol. The van der Waals surface area contributed by atoms with E-state index in [-0.39, 0.29) is 0 Å². The molecule has 5 nitrogen and oxygen atoms in total. The number of rotatable bonds is 5. The Morgan fingerprint density at radius 1 is 1.32 bits per heavy atom. The number of amides is 1. The molecule has 0 bridgehead atoms. The Kier molecular flexibility index (Phi) is 5.35. The Bertz CT molecular complexity index is 644. The van der Waals surface area contributed by atoms with Crippen LogP contribution in [0.3, 0.4) is 0 Å². The highest BCUT2D eigenvalue weighted by Crippen LogP contribution is 2.18. The minimum Gasteiger partial charge on any atom is -0.378 e. The summed E-state index contributed by atoms with van der Waals surface area (Å²) in [7, 11) is 3.77. The highest BCUT2D eigenvalue weighted by Gasteiger charge is 2.17. The van der Waals surface area contributed by atoms with Gasteiger partial charge in [0.25, 0.3) is 5.91 Å². The number of hydrogen-bond acceptors (Lipinski definition) is 4. The average Bonchev–Trinajstić information content (AvgIpc) is 2.52. The van der Waals surface area contributed by atoms with E-state index < -0.39 is 12.0 Å². The summed E-state index contributed by atoms with van der Waals surface area (Å²) in [5.41, 5.74) is 1.38. The standard InChI is InChI=1S/C16H18ClN3O2/c1-20(2)15-12(4-3-9-18-15)10-19-16(22)14(21)11-5-7-13(17)8-6-11/h3-9,14,21H,10H2,1-2H3,(H,19,22)/t14-/m0/s1. The van der Waals surface area contributed by atoms with Gasteiger partial charge in [0.2, 0.25) is 0 Å². The third kappa shape index (κ3) is 3.96. The number of anilines is 1. The van der Waals surface area contributed by atoms with Crippen molar-refractivity contribution in [1.29, 1.82) is 0 Å². The molecule has 0 aliphatic carbocycles. The number of pyridine rings is 1. The molecule has 0 radical (unpaired) electrons. The molecule has 116 valence electrons. The van der Waals surface area contributed by atoms with E-state index >= 15 is 0 Å². The third-order valence-corrected chi connectivity index (χ3v) is 3.43. The topological polar surface area (TPSA) is 65.5 Å². The largest absolute Gasteiger partial charge is 0.378 e. The van der Waals surface area contributed by atoms with E-state index in [1.807, 2.05) is 31.1 Å². The van der Waals surface area contributed by atoms with E-state index in [0.717, 1.165) is 11.4 Å². The van der Waals surface area contributed by atoms with Crippen molar-refractivity contribution in [3.63, 3.8) is 0 Å². The molecule has 1 amide bonds. The van der Waals surface area contributed by atoms with Crippen molar-refractivity contribution in [3.05, 3.63) is 58.7 Å². The number of nitrogens with one attached hydrogen (secondary N) is 1. The maximum atomic E-state index is 12.1. The van der Waals surface area contributed by atoms with Gasteiger partial charge in [0, 0.05) is 37.4 Å². The second-order valence-electron chi connectivity index (χ2n) is 5.05. The lowest BCUT2D eigenvalue weighted by Gasteiger charge is -2.17. The monoisotopic (exact) mass is 319 g/mol. The van der Waals surface area contributed by atoms with Gasteiger partial charge in [-0.3, -0.25) is 4.79 Å². The summed E-state index contributed by atoms with van der Waals surface area (Å²) >= 11 is 5.79. The molecule has 0 aliphatic heterocycles. The molecule has 1 aromatic carbocycles. The van der Waals surface area contributed by atoms with Crippen LogP contribution in [0.1, 0.15) is 17.2 Å². The number of aliphatic hydroxyl groups is 1. The van der Waals surface area contributed by atoms with Gasteiger partial charge in [-0.25, -0.2) is 4.98 Å². The molecule has 2 rings (SSSR count). The van der Waals surface area contributed by atoms with Crippen molar-refractivity contribution in [2.75, 3.05) is 19.0 Å². The Balaban J connectivity index is 2.02. The van der Waals surface area contributed by atoms with Crippen molar-refractivity contribution < 1.29 is 9.90 Å². The first-order valence-electron chi connectivity index (χ1n) is 6.81. The summed E-state index contributed by atoms with van der Waals surface area (Å²) in [6, 6.07) is 10.2. The molecule has 0 unspecified atom stereocenters. The van der Waals surface area contributed by atoms with Crippen LogP contribution in [0, 0.1) is 0 Å². The Labute approximate surface area is 134 Å². The number of benzene rings is 1. The van der Waals surface area contributed by atoms with Crippen LogP contribution in [0.15, 0.2) is 42.6 Å². The van der Waals surface area contributed by atoms with E-state index in [2.05, 4.69) is 10.3 Å². The Hall–Kier alpha value is -2.11. The summed E-state index contributed by atoms with van der Waals surface area (Å²) in [5.74, 6) is 0.319. The normalized spacial score (nSPS) is 11.8. The van der Waals surface area contributed by atoms with E-state index in [4.69, 9.17) is 11.6 Å². The fourth-order valence-electron chi connectivity index (χ4n) is 2.05. The summed E-state index contributed by atoms with van der Waals surface area (Å²) in [4.78, 5) is 18.2. The van der Waals surface area contributed by atoms with Crippen LogP contribution in [-0.2, 0) is 11.3 Å². The molecule has 2 N–H and O–H groups in total. The van der Waals surface area contributed by atoms with Gasteiger partial charge in [0.15, 0.2) is 6.10 Å². The zero-order valence-corrected chi connectivity index (χ0v) is 13.2. The van der Waals surface area contributed by atoms with Gasteiger partial charge in [-0.1, -0.05) is 29.8 Å². The lowest BCUT2D eigenvalue weighted by atomic mass is 10.1. The molecular weight excluding hydrogens is 302 g/mol. The summed E-state index contributed by atoms with van der Waals surface area (Å²) in [6.07, 6.45) is 0.472. The van der Waals surface area contributed by atoms with Gasteiger partial charge >= 0.3 is 0 Å². The van der Waals surface area contributed by atoms with Gasteiger partial charge in [0.1, 0.15) is 5.82 Å². The number of nitrogens with zero attached hydrogens (tertiary/aromatic N) is 2. The van der Waals surface area contributed by atoms with Gasteiger partial charge < -0.3 is 15.3 Å². The smallest absolute Gasteiger partial charge is 0.253 e. The lowest BCUT2D eigenvalue weighted by Crippen LogP contribution is -2.29.